The van der Waals surface area contributed by atoms with Gasteiger partial charge in [-0.05, 0) is 42.8 Å². The second-order valence-electron chi connectivity index (χ2n) is 6.50. The summed E-state index contributed by atoms with van der Waals surface area (Å²) < 4.78 is 17.9. The van der Waals surface area contributed by atoms with Crippen molar-refractivity contribution in [1.29, 1.82) is 0 Å². The number of amides is 3. The summed E-state index contributed by atoms with van der Waals surface area (Å²) in [7, 11) is 0. The topological polar surface area (TPSA) is 171 Å². The summed E-state index contributed by atoms with van der Waals surface area (Å²) in [6, 6.07) is 8.23. The standard InChI is InChI=1S/C20H19FN4O7/c21-13-3-1-12(2-4-13)19(28)24-16(9-10-17(22)26)20(29)32-11-18(27)23-14-5-7-15(8-6-14)25(30)31/h1-8,16H,9-11H2,(H2,22,26)(H,23,27)(H,24,28). The van der Waals surface area contributed by atoms with Crippen LogP contribution in [0, 0.1) is 15.9 Å². The van der Waals surface area contributed by atoms with Crippen molar-refractivity contribution < 1.29 is 33.2 Å². The number of carbonyl (C=O) groups excluding carboxylic acids is 4. The summed E-state index contributed by atoms with van der Waals surface area (Å²) in [6.45, 7) is -0.713. The summed E-state index contributed by atoms with van der Waals surface area (Å²) in [5.74, 6) is -3.70. The second kappa shape index (κ2) is 11.2. The highest BCUT2D eigenvalue weighted by Crippen LogP contribution is 2.15. The predicted molar refractivity (Wildman–Crippen MR) is 109 cm³/mol. The molecule has 0 radical (unpaired) electrons. The molecule has 0 heterocycles. The van der Waals surface area contributed by atoms with Crippen molar-refractivity contribution in [1.82, 2.24) is 5.32 Å². The van der Waals surface area contributed by atoms with E-state index in [2.05, 4.69) is 10.6 Å². The van der Waals surface area contributed by atoms with Crippen LogP contribution in [0.5, 0.6) is 0 Å². The molecular weight excluding hydrogens is 427 g/mol. The maximum absolute atomic E-state index is 13.0. The quantitative estimate of drug-likeness (QED) is 0.280. The molecule has 4 N–H and O–H groups in total. The van der Waals surface area contributed by atoms with Crippen LogP contribution in [0.25, 0.3) is 0 Å². The number of esters is 1. The van der Waals surface area contributed by atoms with E-state index < -0.39 is 47.1 Å². The van der Waals surface area contributed by atoms with Gasteiger partial charge in [0.25, 0.3) is 17.5 Å². The van der Waals surface area contributed by atoms with Crippen molar-refractivity contribution in [2.45, 2.75) is 18.9 Å². The number of nitro benzene ring substituents is 1. The molecule has 0 fully saturated rings. The van der Waals surface area contributed by atoms with Crippen molar-refractivity contribution in [3.8, 4) is 0 Å². The number of anilines is 1. The maximum atomic E-state index is 13.0. The lowest BCUT2D eigenvalue weighted by Gasteiger charge is -2.17. The molecule has 0 saturated carbocycles. The number of halogens is 1. The molecule has 0 aliphatic heterocycles. The Morgan fingerprint density at radius 2 is 1.69 bits per heavy atom. The number of carbonyl (C=O) groups is 4. The third-order valence-electron chi connectivity index (χ3n) is 4.08. The molecule has 2 aromatic rings. The molecule has 1 unspecified atom stereocenters. The van der Waals surface area contributed by atoms with Crippen LogP contribution in [-0.4, -0.2) is 41.3 Å². The minimum atomic E-state index is -1.28. The smallest absolute Gasteiger partial charge is 0.329 e. The Bertz CT molecular complexity index is 1010. The van der Waals surface area contributed by atoms with Crippen LogP contribution >= 0.6 is 0 Å². The van der Waals surface area contributed by atoms with Gasteiger partial charge in [0.2, 0.25) is 5.91 Å². The van der Waals surface area contributed by atoms with E-state index in [0.717, 1.165) is 12.1 Å². The first-order chi connectivity index (χ1) is 15.2. The highest BCUT2D eigenvalue weighted by Gasteiger charge is 2.24. The van der Waals surface area contributed by atoms with Crippen LogP contribution in [0.3, 0.4) is 0 Å². The molecular formula is C20H19FN4O7. The highest BCUT2D eigenvalue weighted by atomic mass is 19.1. The van der Waals surface area contributed by atoms with Gasteiger partial charge in [-0.2, -0.15) is 0 Å². The largest absolute Gasteiger partial charge is 0.454 e. The maximum Gasteiger partial charge on any atom is 0.329 e. The van der Waals surface area contributed by atoms with Crippen molar-refractivity contribution in [2.75, 3.05) is 11.9 Å². The van der Waals surface area contributed by atoms with Crippen LogP contribution in [0.1, 0.15) is 23.2 Å². The first kappa shape index (κ1) is 23.9. The Kier molecular flexibility index (Phi) is 8.34. The fourth-order valence-corrected chi connectivity index (χ4v) is 2.48. The number of nitrogens with zero attached hydrogens (tertiary/aromatic N) is 1. The molecule has 2 aromatic carbocycles. The first-order valence-corrected chi connectivity index (χ1v) is 9.21. The van der Waals surface area contributed by atoms with Crippen LogP contribution in [0.2, 0.25) is 0 Å². The molecule has 168 valence electrons. The first-order valence-electron chi connectivity index (χ1n) is 9.21. The van der Waals surface area contributed by atoms with E-state index in [4.69, 9.17) is 10.5 Å². The van der Waals surface area contributed by atoms with Gasteiger partial charge in [0.15, 0.2) is 6.61 Å². The molecule has 12 heteroatoms. The monoisotopic (exact) mass is 446 g/mol. The number of primary amides is 1. The van der Waals surface area contributed by atoms with Crippen LogP contribution in [0.4, 0.5) is 15.8 Å². The number of nitro groups is 1. The molecule has 3 amide bonds. The minimum Gasteiger partial charge on any atom is -0.454 e. The van der Waals surface area contributed by atoms with Gasteiger partial charge in [-0.1, -0.05) is 0 Å². The summed E-state index contributed by atoms with van der Waals surface area (Å²) in [5, 5.41) is 15.4. The highest BCUT2D eigenvalue weighted by molar-refractivity contribution is 5.97. The predicted octanol–water partition coefficient (Wildman–Crippen LogP) is 1.28. The van der Waals surface area contributed by atoms with E-state index in [1.54, 1.807) is 0 Å². The number of nitrogens with two attached hydrogens (primary N) is 1. The number of nitrogens with one attached hydrogen (secondary N) is 2. The molecule has 0 aliphatic rings. The number of non-ortho nitro benzene ring substituents is 1. The second-order valence-corrected chi connectivity index (χ2v) is 6.50. The van der Waals surface area contributed by atoms with Gasteiger partial charge >= 0.3 is 5.97 Å². The van der Waals surface area contributed by atoms with E-state index in [0.29, 0.717) is 0 Å². The Morgan fingerprint density at radius 3 is 2.25 bits per heavy atom. The molecule has 0 aliphatic carbocycles. The lowest BCUT2D eigenvalue weighted by molar-refractivity contribution is -0.384. The molecule has 11 nitrogen and oxygen atoms in total. The fraction of sp³-hybridized carbons (Fsp3) is 0.200. The normalized spacial score (nSPS) is 11.2. The van der Waals surface area contributed by atoms with E-state index in [1.165, 1.54) is 36.4 Å². The molecule has 0 bridgehead atoms. The third kappa shape index (κ3) is 7.48. The average Bonchev–Trinajstić information content (AvgIpc) is 2.75. The number of rotatable bonds is 10. The molecule has 2 rings (SSSR count). The van der Waals surface area contributed by atoms with Gasteiger partial charge < -0.3 is 21.1 Å². The SMILES string of the molecule is NC(=O)CCC(NC(=O)c1ccc(F)cc1)C(=O)OCC(=O)Nc1ccc([N+](=O)[O-])cc1. The minimum absolute atomic E-state index is 0.0687. The Hall–Kier alpha value is -4.35. The van der Waals surface area contributed by atoms with E-state index in [9.17, 15) is 33.7 Å². The van der Waals surface area contributed by atoms with Crippen molar-refractivity contribution in [2.24, 2.45) is 5.73 Å². The van der Waals surface area contributed by atoms with Gasteiger partial charge in [0.1, 0.15) is 11.9 Å². The molecule has 1 atom stereocenters. The van der Waals surface area contributed by atoms with E-state index in [1.807, 2.05) is 0 Å². The van der Waals surface area contributed by atoms with Crippen LogP contribution < -0.4 is 16.4 Å². The summed E-state index contributed by atoms with van der Waals surface area (Å²) in [6.07, 6.45) is -0.413. The lowest BCUT2D eigenvalue weighted by Crippen LogP contribution is -2.43. The Morgan fingerprint density at radius 1 is 1.06 bits per heavy atom. The van der Waals surface area contributed by atoms with Crippen molar-refractivity contribution in [3.05, 3.63) is 70.0 Å². The zero-order valence-electron chi connectivity index (χ0n) is 16.6. The number of benzene rings is 2. The zero-order valence-corrected chi connectivity index (χ0v) is 16.6. The van der Waals surface area contributed by atoms with Gasteiger partial charge in [-0.25, -0.2) is 9.18 Å². The Labute approximate surface area is 180 Å². The summed E-state index contributed by atoms with van der Waals surface area (Å²) in [5.41, 5.74) is 5.23. The molecule has 32 heavy (non-hydrogen) atoms. The summed E-state index contributed by atoms with van der Waals surface area (Å²) >= 11 is 0. The van der Waals surface area contributed by atoms with Gasteiger partial charge in [0, 0.05) is 29.8 Å². The van der Waals surface area contributed by atoms with Crippen LogP contribution in [-0.2, 0) is 19.1 Å². The average molecular weight is 446 g/mol. The van der Waals surface area contributed by atoms with E-state index in [-0.39, 0.29) is 29.8 Å². The van der Waals surface area contributed by atoms with Gasteiger partial charge in [0.05, 0.1) is 4.92 Å². The van der Waals surface area contributed by atoms with Gasteiger partial charge in [-0.15, -0.1) is 0 Å². The number of ether oxygens (including phenoxy) is 1. The molecule has 0 saturated heterocycles. The van der Waals surface area contributed by atoms with Gasteiger partial charge in [-0.3, -0.25) is 24.5 Å². The van der Waals surface area contributed by atoms with E-state index >= 15 is 0 Å². The van der Waals surface area contributed by atoms with Crippen molar-refractivity contribution in [3.63, 3.8) is 0 Å². The number of hydrogen-bond donors (Lipinski definition) is 3. The zero-order chi connectivity index (χ0) is 23.7. The number of hydrogen-bond acceptors (Lipinski definition) is 7. The lowest BCUT2D eigenvalue weighted by atomic mass is 10.1. The van der Waals surface area contributed by atoms with Crippen LogP contribution in [0.15, 0.2) is 48.5 Å². The van der Waals surface area contributed by atoms with Crippen molar-refractivity contribution >= 4 is 35.1 Å². The molecule has 0 spiro atoms. The fourth-order valence-electron chi connectivity index (χ4n) is 2.48. The Balaban J connectivity index is 1.95. The molecule has 0 aromatic heterocycles. The summed E-state index contributed by atoms with van der Waals surface area (Å²) in [4.78, 5) is 57.7. The third-order valence-corrected chi connectivity index (χ3v) is 4.08.